The molecule has 0 atom stereocenters. The van der Waals surface area contributed by atoms with Crippen molar-refractivity contribution in [3.05, 3.63) is 58.8 Å². The molecule has 0 aliphatic heterocycles. The molecule has 0 aliphatic rings. The van der Waals surface area contributed by atoms with Gasteiger partial charge in [-0.3, -0.25) is 5.21 Å². The maximum Gasteiger partial charge on any atom is 0.291 e. The molecule has 0 bridgehead atoms. The lowest BCUT2D eigenvalue weighted by Crippen LogP contribution is -2.32. The van der Waals surface area contributed by atoms with Crippen molar-refractivity contribution >= 4 is 11.8 Å². The molecule has 1 aromatic heterocycles. The Balaban J connectivity index is 2.16. The Hall–Kier alpha value is -1.48. The van der Waals surface area contributed by atoms with Crippen LogP contribution in [0.2, 0.25) is 0 Å². The fraction of sp³-hybridized carbons (Fsp3) is 0.267. The number of hydrogen-bond acceptors (Lipinski definition) is 2. The van der Waals surface area contributed by atoms with Crippen LogP contribution in [0.5, 0.6) is 0 Å². The highest BCUT2D eigenvalue weighted by molar-refractivity contribution is 7.98. The number of aryl methyl sites for hydroxylation is 3. The van der Waals surface area contributed by atoms with E-state index in [2.05, 4.69) is 32.0 Å². The first-order valence-electron chi connectivity index (χ1n) is 5.97. The summed E-state index contributed by atoms with van der Waals surface area (Å²) in [6.07, 6.45) is 1.68. The van der Waals surface area contributed by atoms with Crippen LogP contribution in [0.25, 0.3) is 0 Å². The van der Waals surface area contributed by atoms with E-state index in [-0.39, 0.29) is 0 Å². The summed E-state index contributed by atoms with van der Waals surface area (Å²) in [4.78, 5) is 0. The third-order valence-corrected chi connectivity index (χ3v) is 3.99. The molecule has 3 heteroatoms. The van der Waals surface area contributed by atoms with Crippen LogP contribution < -0.4 is 4.73 Å². The van der Waals surface area contributed by atoms with Crippen molar-refractivity contribution in [3.8, 4) is 0 Å². The van der Waals surface area contributed by atoms with Gasteiger partial charge in [0.15, 0.2) is 0 Å². The number of hydrogen-bond donors (Lipinski definition) is 1. The van der Waals surface area contributed by atoms with Crippen LogP contribution in [0, 0.1) is 20.8 Å². The van der Waals surface area contributed by atoms with Gasteiger partial charge in [0.05, 0.1) is 0 Å². The fourth-order valence-corrected chi connectivity index (χ4v) is 2.86. The van der Waals surface area contributed by atoms with Crippen LogP contribution in [-0.2, 0) is 5.75 Å². The Bertz CT molecular complexity index is 515. The van der Waals surface area contributed by atoms with Gasteiger partial charge < -0.3 is 0 Å². The fourth-order valence-electron chi connectivity index (χ4n) is 1.79. The van der Waals surface area contributed by atoms with Crippen molar-refractivity contribution in [2.45, 2.75) is 31.6 Å². The maximum atomic E-state index is 9.73. The van der Waals surface area contributed by atoms with Gasteiger partial charge in [-0.1, -0.05) is 23.8 Å². The predicted molar refractivity (Wildman–Crippen MR) is 74.0 cm³/mol. The Morgan fingerprint density at radius 1 is 1.06 bits per heavy atom. The van der Waals surface area contributed by atoms with E-state index in [1.807, 2.05) is 19.1 Å². The highest BCUT2D eigenvalue weighted by Crippen LogP contribution is 2.22. The first-order chi connectivity index (χ1) is 8.56. The Labute approximate surface area is 112 Å². The average molecular weight is 260 g/mol. The zero-order valence-corrected chi connectivity index (χ0v) is 11.8. The summed E-state index contributed by atoms with van der Waals surface area (Å²) in [7, 11) is 0. The molecule has 2 aromatic rings. The minimum Gasteiger partial charge on any atom is -0.284 e. The highest BCUT2D eigenvalue weighted by Gasteiger charge is 2.11. The standard InChI is InChI=1S/C15H18NOS/c1-11-4-5-13(3)14(8-11)10-18-15-9-12(2)6-7-16(15)17/h4-9,17H,10H2,1-3H3/q+1. The van der Waals surface area contributed by atoms with E-state index in [0.717, 1.165) is 16.3 Å². The molecule has 0 saturated heterocycles. The van der Waals surface area contributed by atoms with Crippen LogP contribution >= 0.6 is 11.8 Å². The minimum atomic E-state index is 0.871. The van der Waals surface area contributed by atoms with Gasteiger partial charge in [0.1, 0.15) is 0 Å². The van der Waals surface area contributed by atoms with Gasteiger partial charge in [-0.15, -0.1) is 0 Å². The number of thioether (sulfide) groups is 1. The molecule has 2 rings (SSSR count). The van der Waals surface area contributed by atoms with Crippen LogP contribution in [0.3, 0.4) is 0 Å². The average Bonchev–Trinajstić information content (AvgIpc) is 2.34. The minimum absolute atomic E-state index is 0.871. The Kier molecular flexibility index (Phi) is 3.92. The molecule has 1 N–H and O–H groups in total. The molecule has 0 amide bonds. The summed E-state index contributed by atoms with van der Waals surface area (Å²) in [5, 5.41) is 10.6. The van der Waals surface area contributed by atoms with E-state index in [9.17, 15) is 5.21 Å². The van der Waals surface area contributed by atoms with E-state index in [1.165, 1.54) is 21.4 Å². The van der Waals surface area contributed by atoms with Gasteiger partial charge in [-0.2, -0.15) is 0 Å². The number of aromatic nitrogens is 1. The summed E-state index contributed by atoms with van der Waals surface area (Å²) < 4.78 is 1.18. The van der Waals surface area contributed by atoms with Gasteiger partial charge in [0.25, 0.3) is 5.03 Å². The van der Waals surface area contributed by atoms with Crippen LogP contribution in [0.15, 0.2) is 41.6 Å². The van der Waals surface area contributed by atoms with Crippen molar-refractivity contribution < 1.29 is 9.94 Å². The molecule has 0 aliphatic carbocycles. The largest absolute Gasteiger partial charge is 0.291 e. The molecule has 0 spiro atoms. The van der Waals surface area contributed by atoms with Crippen molar-refractivity contribution in [1.29, 1.82) is 0 Å². The molecule has 2 nitrogen and oxygen atoms in total. The zero-order chi connectivity index (χ0) is 13.1. The summed E-state index contributed by atoms with van der Waals surface area (Å²) in [5.41, 5.74) is 5.05. The van der Waals surface area contributed by atoms with E-state index in [1.54, 1.807) is 18.0 Å². The van der Waals surface area contributed by atoms with Crippen LogP contribution in [0.4, 0.5) is 0 Å². The van der Waals surface area contributed by atoms with Gasteiger partial charge in [0, 0.05) is 22.6 Å². The van der Waals surface area contributed by atoms with Crippen LogP contribution in [0.1, 0.15) is 22.3 Å². The number of rotatable bonds is 3. The monoisotopic (exact) mass is 260 g/mol. The lowest BCUT2D eigenvalue weighted by molar-refractivity contribution is -0.932. The van der Waals surface area contributed by atoms with E-state index < -0.39 is 0 Å². The molecule has 18 heavy (non-hydrogen) atoms. The zero-order valence-electron chi connectivity index (χ0n) is 11.0. The topological polar surface area (TPSA) is 24.1 Å². The summed E-state index contributed by atoms with van der Waals surface area (Å²) in [6.45, 7) is 6.26. The van der Waals surface area contributed by atoms with Gasteiger partial charge in [-0.25, -0.2) is 0 Å². The third kappa shape index (κ3) is 3.05. The SMILES string of the molecule is Cc1ccc(C)c(CSc2cc(C)cc[n+]2O)c1. The van der Waals surface area contributed by atoms with Crippen molar-refractivity contribution in [2.24, 2.45) is 0 Å². The van der Waals surface area contributed by atoms with Crippen molar-refractivity contribution in [1.82, 2.24) is 0 Å². The van der Waals surface area contributed by atoms with Crippen molar-refractivity contribution in [2.75, 3.05) is 0 Å². The first kappa shape index (κ1) is 13.0. The summed E-state index contributed by atoms with van der Waals surface area (Å²) in [6, 6.07) is 10.4. The van der Waals surface area contributed by atoms with Gasteiger partial charge >= 0.3 is 0 Å². The molecule has 1 heterocycles. The lowest BCUT2D eigenvalue weighted by atomic mass is 10.1. The second kappa shape index (κ2) is 5.44. The lowest BCUT2D eigenvalue weighted by Gasteiger charge is -2.05. The maximum absolute atomic E-state index is 9.73. The number of nitrogens with zero attached hydrogens (tertiary/aromatic N) is 1. The van der Waals surface area contributed by atoms with E-state index in [0.29, 0.717) is 0 Å². The Morgan fingerprint density at radius 2 is 1.78 bits per heavy atom. The summed E-state index contributed by atoms with van der Waals surface area (Å²) in [5.74, 6) is 0.873. The Morgan fingerprint density at radius 3 is 2.56 bits per heavy atom. The first-order valence-corrected chi connectivity index (χ1v) is 6.95. The molecule has 0 unspecified atom stereocenters. The molecular formula is C15H18NOS+. The summed E-state index contributed by atoms with van der Waals surface area (Å²) >= 11 is 1.65. The molecule has 94 valence electrons. The molecule has 0 fully saturated rings. The quantitative estimate of drug-likeness (QED) is 0.519. The van der Waals surface area contributed by atoms with Gasteiger partial charge in [0.2, 0.25) is 6.20 Å². The molecular weight excluding hydrogens is 242 g/mol. The van der Waals surface area contributed by atoms with Crippen LogP contribution in [-0.4, -0.2) is 5.21 Å². The molecule has 0 radical (unpaired) electrons. The van der Waals surface area contributed by atoms with Crippen molar-refractivity contribution in [3.63, 3.8) is 0 Å². The highest BCUT2D eigenvalue weighted by atomic mass is 32.2. The number of pyridine rings is 1. The normalized spacial score (nSPS) is 10.6. The second-order valence-corrected chi connectivity index (χ2v) is 5.60. The van der Waals surface area contributed by atoms with E-state index >= 15 is 0 Å². The van der Waals surface area contributed by atoms with Gasteiger partial charge in [-0.05, 0) is 49.2 Å². The predicted octanol–water partition coefficient (Wildman–Crippen LogP) is 3.43. The second-order valence-electron chi connectivity index (χ2n) is 4.61. The smallest absolute Gasteiger partial charge is 0.284 e. The number of benzene rings is 1. The third-order valence-electron chi connectivity index (χ3n) is 2.94. The van der Waals surface area contributed by atoms with E-state index in [4.69, 9.17) is 0 Å². The molecule has 0 saturated carbocycles. The molecule has 1 aromatic carbocycles.